The largest absolute Gasteiger partial charge is 0.508 e. The molecule has 0 atom stereocenters. The van der Waals surface area contributed by atoms with Gasteiger partial charge in [-0.25, -0.2) is 0 Å². The van der Waals surface area contributed by atoms with Crippen molar-refractivity contribution < 1.29 is 5.11 Å². The van der Waals surface area contributed by atoms with Crippen molar-refractivity contribution in [3.63, 3.8) is 0 Å². The van der Waals surface area contributed by atoms with Gasteiger partial charge in [0.1, 0.15) is 5.75 Å². The number of phenolic OH excluding ortho intramolecular Hbond substituents is 1. The molecule has 0 aliphatic carbocycles. The van der Waals surface area contributed by atoms with Crippen molar-refractivity contribution in [2.45, 2.75) is 51.9 Å². The van der Waals surface area contributed by atoms with Crippen molar-refractivity contribution in [3.05, 3.63) is 66.2 Å². The molecule has 114 valence electrons. The van der Waals surface area contributed by atoms with Crippen LogP contribution in [0, 0.1) is 0 Å². The van der Waals surface area contributed by atoms with Crippen LogP contribution in [0.1, 0.15) is 51.0 Å². The highest BCUT2D eigenvalue weighted by Gasteiger charge is 1.92. The Morgan fingerprint density at radius 3 is 1.71 bits per heavy atom. The van der Waals surface area contributed by atoms with Gasteiger partial charge in [-0.2, -0.15) is 0 Å². The predicted molar refractivity (Wildman–Crippen MR) is 91.6 cm³/mol. The molecule has 0 saturated heterocycles. The first-order chi connectivity index (χ1) is 10.3. The number of benzene rings is 2. The molecule has 1 heteroatoms. The van der Waals surface area contributed by atoms with Gasteiger partial charge in [0.05, 0.1) is 0 Å². The normalized spacial score (nSPS) is 9.76. The van der Waals surface area contributed by atoms with Crippen LogP contribution in [0.4, 0.5) is 0 Å². The zero-order valence-electron chi connectivity index (χ0n) is 13.2. The highest BCUT2D eigenvalue weighted by molar-refractivity contribution is 5.18. The Labute approximate surface area is 129 Å². The van der Waals surface area contributed by atoms with E-state index in [-0.39, 0.29) is 0 Å². The molecule has 0 spiro atoms. The number of hydrogen-bond donors (Lipinski definition) is 1. The minimum atomic E-state index is 0.322. The minimum absolute atomic E-state index is 0.322. The fourth-order valence-electron chi connectivity index (χ4n) is 2.18. The summed E-state index contributed by atoms with van der Waals surface area (Å²) in [6.07, 6.45) is 9.60. The molecule has 0 aliphatic heterocycles. The van der Waals surface area contributed by atoms with E-state index in [0.717, 1.165) is 0 Å². The summed E-state index contributed by atoms with van der Waals surface area (Å²) in [6, 6.07) is 19.5. The molecule has 0 fully saturated rings. The zero-order valence-corrected chi connectivity index (χ0v) is 13.2. The summed E-state index contributed by atoms with van der Waals surface area (Å²) in [5.74, 6) is 0.322. The van der Waals surface area contributed by atoms with E-state index in [2.05, 4.69) is 37.3 Å². The SMILES string of the molecule is CCCCCCCCc1ccccc1.Oc1ccccc1. The molecule has 0 heterocycles. The second-order valence-corrected chi connectivity index (χ2v) is 5.34. The molecule has 0 radical (unpaired) electrons. The van der Waals surface area contributed by atoms with E-state index >= 15 is 0 Å². The van der Waals surface area contributed by atoms with Crippen molar-refractivity contribution in [3.8, 4) is 5.75 Å². The summed E-state index contributed by atoms with van der Waals surface area (Å²) in [4.78, 5) is 0. The van der Waals surface area contributed by atoms with Gasteiger partial charge in [-0.1, -0.05) is 87.6 Å². The first-order valence-corrected chi connectivity index (χ1v) is 8.11. The number of aromatic hydroxyl groups is 1. The fraction of sp³-hybridized carbons (Fsp3) is 0.400. The standard InChI is InChI=1S/C14H22.C6H6O/c1-2-3-4-5-6-8-11-14-12-9-7-10-13-14;7-6-4-2-1-3-5-6/h7,9-10,12-13H,2-6,8,11H2,1H3;1-5,7H. The molecule has 2 aromatic carbocycles. The van der Waals surface area contributed by atoms with Crippen LogP contribution >= 0.6 is 0 Å². The second-order valence-electron chi connectivity index (χ2n) is 5.34. The van der Waals surface area contributed by atoms with E-state index in [1.165, 1.54) is 50.5 Å². The fourth-order valence-corrected chi connectivity index (χ4v) is 2.18. The van der Waals surface area contributed by atoms with Gasteiger partial charge >= 0.3 is 0 Å². The quantitative estimate of drug-likeness (QED) is 0.620. The maximum atomic E-state index is 8.63. The van der Waals surface area contributed by atoms with Crippen LogP contribution < -0.4 is 0 Å². The summed E-state index contributed by atoms with van der Waals surface area (Å²) in [7, 11) is 0. The predicted octanol–water partition coefficient (Wildman–Crippen LogP) is 5.98. The summed E-state index contributed by atoms with van der Waals surface area (Å²) in [5, 5.41) is 8.63. The highest BCUT2D eigenvalue weighted by Crippen LogP contribution is 2.09. The topological polar surface area (TPSA) is 20.2 Å². The van der Waals surface area contributed by atoms with E-state index < -0.39 is 0 Å². The van der Waals surface area contributed by atoms with Crippen molar-refractivity contribution in [2.75, 3.05) is 0 Å². The van der Waals surface area contributed by atoms with Crippen LogP contribution in [0.5, 0.6) is 5.75 Å². The summed E-state index contributed by atoms with van der Waals surface area (Å²) in [6.45, 7) is 2.27. The van der Waals surface area contributed by atoms with E-state index in [9.17, 15) is 0 Å². The smallest absolute Gasteiger partial charge is 0.115 e. The Hall–Kier alpha value is -1.76. The molecule has 2 rings (SSSR count). The molecule has 0 saturated carbocycles. The zero-order chi connectivity index (χ0) is 15.2. The number of phenols is 1. The number of aryl methyl sites for hydroxylation is 1. The summed E-state index contributed by atoms with van der Waals surface area (Å²) >= 11 is 0. The van der Waals surface area contributed by atoms with Crippen molar-refractivity contribution in [1.29, 1.82) is 0 Å². The van der Waals surface area contributed by atoms with Gasteiger partial charge in [-0.3, -0.25) is 0 Å². The second kappa shape index (κ2) is 12.0. The lowest BCUT2D eigenvalue weighted by Crippen LogP contribution is -1.85. The van der Waals surface area contributed by atoms with E-state index in [0.29, 0.717) is 5.75 Å². The van der Waals surface area contributed by atoms with Gasteiger partial charge in [-0.15, -0.1) is 0 Å². The van der Waals surface area contributed by atoms with Crippen molar-refractivity contribution in [1.82, 2.24) is 0 Å². The molecule has 2 aromatic rings. The first-order valence-electron chi connectivity index (χ1n) is 8.11. The Morgan fingerprint density at radius 2 is 1.19 bits per heavy atom. The number of hydrogen-bond acceptors (Lipinski definition) is 1. The maximum Gasteiger partial charge on any atom is 0.115 e. The molecule has 0 bridgehead atoms. The Morgan fingerprint density at radius 1 is 0.667 bits per heavy atom. The summed E-state index contributed by atoms with van der Waals surface area (Å²) in [5.41, 5.74) is 1.49. The maximum absolute atomic E-state index is 8.63. The van der Waals surface area contributed by atoms with Gasteiger partial charge in [0, 0.05) is 0 Å². The van der Waals surface area contributed by atoms with Crippen LogP contribution in [0.25, 0.3) is 0 Å². The van der Waals surface area contributed by atoms with Crippen molar-refractivity contribution in [2.24, 2.45) is 0 Å². The third kappa shape index (κ3) is 9.73. The van der Waals surface area contributed by atoms with Crippen molar-refractivity contribution >= 4 is 0 Å². The Balaban J connectivity index is 0.000000262. The van der Waals surface area contributed by atoms with Gasteiger partial charge in [0.2, 0.25) is 0 Å². The monoisotopic (exact) mass is 284 g/mol. The minimum Gasteiger partial charge on any atom is -0.508 e. The van der Waals surface area contributed by atoms with Crippen LogP contribution in [0.15, 0.2) is 60.7 Å². The number of para-hydroxylation sites is 1. The molecule has 0 aromatic heterocycles. The van der Waals surface area contributed by atoms with Crippen LogP contribution in [-0.4, -0.2) is 5.11 Å². The van der Waals surface area contributed by atoms with Crippen LogP contribution in [0.3, 0.4) is 0 Å². The van der Waals surface area contributed by atoms with Crippen LogP contribution in [-0.2, 0) is 6.42 Å². The van der Waals surface area contributed by atoms with Gasteiger partial charge < -0.3 is 5.11 Å². The van der Waals surface area contributed by atoms with Gasteiger partial charge in [-0.05, 0) is 30.5 Å². The molecule has 1 N–H and O–H groups in total. The summed E-state index contributed by atoms with van der Waals surface area (Å²) < 4.78 is 0. The van der Waals surface area contributed by atoms with Crippen LogP contribution in [0.2, 0.25) is 0 Å². The average molecular weight is 284 g/mol. The molecule has 21 heavy (non-hydrogen) atoms. The molecule has 1 nitrogen and oxygen atoms in total. The van der Waals surface area contributed by atoms with E-state index in [1.807, 2.05) is 6.07 Å². The highest BCUT2D eigenvalue weighted by atomic mass is 16.3. The molecular weight excluding hydrogens is 256 g/mol. The lowest BCUT2D eigenvalue weighted by molar-refractivity contribution is 0.475. The third-order valence-corrected chi connectivity index (χ3v) is 3.42. The van der Waals surface area contributed by atoms with Gasteiger partial charge in [0.15, 0.2) is 0 Å². The third-order valence-electron chi connectivity index (χ3n) is 3.42. The molecule has 0 amide bonds. The molecule has 0 aliphatic rings. The molecular formula is C20H28O. The first kappa shape index (κ1) is 17.3. The van der Waals surface area contributed by atoms with E-state index in [1.54, 1.807) is 24.3 Å². The average Bonchev–Trinajstić information content (AvgIpc) is 2.53. The molecule has 0 unspecified atom stereocenters. The Bertz CT molecular complexity index is 436. The number of rotatable bonds is 7. The lowest BCUT2D eigenvalue weighted by atomic mass is 10.1. The lowest BCUT2D eigenvalue weighted by Gasteiger charge is -2.01. The van der Waals surface area contributed by atoms with E-state index in [4.69, 9.17) is 5.11 Å². The van der Waals surface area contributed by atoms with Gasteiger partial charge in [0.25, 0.3) is 0 Å². The number of unbranched alkanes of at least 4 members (excludes halogenated alkanes) is 5. The Kier molecular flexibility index (Phi) is 9.89.